The van der Waals surface area contributed by atoms with Crippen LogP contribution in [0, 0.1) is 5.92 Å². The first-order chi connectivity index (χ1) is 8.36. The van der Waals surface area contributed by atoms with Gasteiger partial charge in [0.15, 0.2) is 0 Å². The lowest BCUT2D eigenvalue weighted by molar-refractivity contribution is -0.131. The largest absolute Gasteiger partial charge is 0.378 e. The second-order valence-corrected chi connectivity index (χ2v) is 6.27. The fourth-order valence-corrected chi connectivity index (χ4v) is 4.30. The Morgan fingerprint density at radius 3 is 2.71 bits per heavy atom. The quantitative estimate of drug-likeness (QED) is 0.709. The molecule has 0 aromatic carbocycles. The molecule has 0 amide bonds. The zero-order chi connectivity index (χ0) is 11.3. The topological polar surface area (TPSA) is 33.7 Å². The standard InChI is InChI=1S/C13H22N2O2/c1-2-12(15-4-3-10(1)5-15)13-8-16-6-11(14-13)7-17-9-13/h10-12,14H,1-9H2. The van der Waals surface area contributed by atoms with E-state index in [0.717, 1.165) is 32.3 Å². The second-order valence-electron chi connectivity index (χ2n) is 6.27. The van der Waals surface area contributed by atoms with Crippen LogP contribution >= 0.6 is 0 Å². The van der Waals surface area contributed by atoms with Crippen molar-refractivity contribution in [2.24, 2.45) is 5.92 Å². The highest BCUT2D eigenvalue weighted by Crippen LogP contribution is 2.37. The van der Waals surface area contributed by atoms with Crippen LogP contribution < -0.4 is 5.32 Å². The number of morpholine rings is 2. The highest BCUT2D eigenvalue weighted by atomic mass is 16.5. The predicted molar refractivity (Wildman–Crippen MR) is 64.0 cm³/mol. The van der Waals surface area contributed by atoms with Crippen LogP contribution in [0.25, 0.3) is 0 Å². The van der Waals surface area contributed by atoms with E-state index in [1.54, 1.807) is 0 Å². The van der Waals surface area contributed by atoms with Crippen LogP contribution in [0.15, 0.2) is 0 Å². The molecular formula is C13H22N2O2. The number of rotatable bonds is 1. The highest BCUT2D eigenvalue weighted by molar-refractivity contribution is 5.08. The average Bonchev–Trinajstić information content (AvgIpc) is 2.71. The van der Waals surface area contributed by atoms with Crippen molar-refractivity contribution in [2.45, 2.75) is 36.9 Å². The summed E-state index contributed by atoms with van der Waals surface area (Å²) in [6.45, 7) is 5.88. The lowest BCUT2D eigenvalue weighted by Crippen LogP contribution is -2.74. The second kappa shape index (κ2) is 3.92. The number of nitrogens with one attached hydrogen (secondary N) is 1. The van der Waals surface area contributed by atoms with Gasteiger partial charge in [0.2, 0.25) is 0 Å². The summed E-state index contributed by atoms with van der Waals surface area (Å²) in [6.07, 6.45) is 4.12. The molecular weight excluding hydrogens is 216 g/mol. The normalized spacial score (nSPS) is 53.6. The van der Waals surface area contributed by atoms with E-state index in [9.17, 15) is 0 Å². The van der Waals surface area contributed by atoms with E-state index >= 15 is 0 Å². The van der Waals surface area contributed by atoms with Crippen LogP contribution in [0.4, 0.5) is 0 Å². The molecule has 4 heteroatoms. The molecule has 4 aliphatic rings. The van der Waals surface area contributed by atoms with Crippen molar-refractivity contribution in [1.82, 2.24) is 10.2 Å². The molecule has 0 aromatic rings. The van der Waals surface area contributed by atoms with Crippen LogP contribution in [0.1, 0.15) is 19.3 Å². The van der Waals surface area contributed by atoms with Gasteiger partial charge in [-0.1, -0.05) is 0 Å². The van der Waals surface area contributed by atoms with E-state index in [1.165, 1.54) is 32.4 Å². The summed E-state index contributed by atoms with van der Waals surface area (Å²) in [7, 11) is 0. The Bertz CT molecular complexity index is 300. The molecule has 4 saturated heterocycles. The van der Waals surface area contributed by atoms with E-state index in [4.69, 9.17) is 9.47 Å². The van der Waals surface area contributed by atoms with Crippen LogP contribution in [0.2, 0.25) is 0 Å². The van der Waals surface area contributed by atoms with Gasteiger partial charge in [-0.25, -0.2) is 0 Å². The highest BCUT2D eigenvalue weighted by Gasteiger charge is 2.51. The fraction of sp³-hybridized carbons (Fsp3) is 1.00. The molecule has 0 aromatic heterocycles. The summed E-state index contributed by atoms with van der Waals surface area (Å²) in [5.74, 6) is 0.965. The molecule has 4 aliphatic heterocycles. The Kier molecular flexibility index (Phi) is 2.47. The third-order valence-corrected chi connectivity index (χ3v) is 5.09. The van der Waals surface area contributed by atoms with Gasteiger partial charge in [0.25, 0.3) is 0 Å². The van der Waals surface area contributed by atoms with E-state index in [2.05, 4.69) is 10.2 Å². The van der Waals surface area contributed by atoms with Crippen molar-refractivity contribution in [1.29, 1.82) is 0 Å². The molecule has 4 nitrogen and oxygen atoms in total. The number of nitrogens with zero attached hydrogens (tertiary/aromatic N) is 1. The van der Waals surface area contributed by atoms with Crippen LogP contribution in [-0.2, 0) is 9.47 Å². The lowest BCUT2D eigenvalue weighted by atomic mass is 9.81. The van der Waals surface area contributed by atoms with Crippen molar-refractivity contribution in [2.75, 3.05) is 39.5 Å². The third-order valence-electron chi connectivity index (χ3n) is 5.09. The maximum Gasteiger partial charge on any atom is 0.0814 e. The molecule has 3 unspecified atom stereocenters. The predicted octanol–water partition coefficient (Wildman–Crippen LogP) is 0.228. The van der Waals surface area contributed by atoms with Gasteiger partial charge < -0.3 is 9.47 Å². The smallest absolute Gasteiger partial charge is 0.0814 e. The van der Waals surface area contributed by atoms with Gasteiger partial charge in [-0.2, -0.15) is 0 Å². The zero-order valence-electron chi connectivity index (χ0n) is 10.4. The summed E-state index contributed by atoms with van der Waals surface area (Å²) < 4.78 is 11.7. The molecule has 0 aliphatic carbocycles. The molecule has 0 saturated carbocycles. The number of hydrogen-bond donors (Lipinski definition) is 1. The first-order valence-electron chi connectivity index (χ1n) is 7.03. The minimum absolute atomic E-state index is 0.0798. The Morgan fingerprint density at radius 2 is 1.88 bits per heavy atom. The minimum Gasteiger partial charge on any atom is -0.378 e. The first-order valence-corrected chi connectivity index (χ1v) is 7.03. The zero-order valence-corrected chi connectivity index (χ0v) is 10.4. The maximum absolute atomic E-state index is 5.83. The SMILES string of the molecule is C1CC(C23COCC(COC2)N3)N2CCC1C2. The molecule has 96 valence electrons. The van der Waals surface area contributed by atoms with Gasteiger partial charge in [0.1, 0.15) is 0 Å². The van der Waals surface area contributed by atoms with Gasteiger partial charge in [0.05, 0.1) is 38.0 Å². The van der Waals surface area contributed by atoms with E-state index in [-0.39, 0.29) is 5.54 Å². The van der Waals surface area contributed by atoms with E-state index in [1.807, 2.05) is 0 Å². The molecule has 4 bridgehead atoms. The van der Waals surface area contributed by atoms with E-state index < -0.39 is 0 Å². The van der Waals surface area contributed by atoms with Crippen molar-refractivity contribution >= 4 is 0 Å². The molecule has 0 spiro atoms. The molecule has 4 heterocycles. The number of fused-ring (bicyclic) bond motifs is 4. The summed E-state index contributed by atoms with van der Waals surface area (Å²) in [5, 5.41) is 3.83. The van der Waals surface area contributed by atoms with Crippen molar-refractivity contribution in [3.8, 4) is 0 Å². The Balaban J connectivity index is 1.59. The Labute approximate surface area is 103 Å². The Morgan fingerprint density at radius 1 is 1.06 bits per heavy atom. The molecule has 4 rings (SSSR count). The number of ether oxygens (including phenoxy) is 2. The van der Waals surface area contributed by atoms with Crippen LogP contribution in [0.3, 0.4) is 0 Å². The van der Waals surface area contributed by atoms with Gasteiger partial charge in [-0.15, -0.1) is 0 Å². The summed E-state index contributed by atoms with van der Waals surface area (Å²) >= 11 is 0. The summed E-state index contributed by atoms with van der Waals surface area (Å²) in [6, 6.07) is 1.04. The minimum atomic E-state index is 0.0798. The molecule has 3 atom stereocenters. The molecule has 17 heavy (non-hydrogen) atoms. The first kappa shape index (κ1) is 10.7. The third kappa shape index (κ3) is 1.65. The lowest BCUT2D eigenvalue weighted by Gasteiger charge is -2.53. The molecule has 1 N–H and O–H groups in total. The Hall–Kier alpha value is -0.160. The van der Waals surface area contributed by atoms with Gasteiger partial charge >= 0.3 is 0 Å². The van der Waals surface area contributed by atoms with Crippen LogP contribution in [-0.4, -0.2) is 62.0 Å². The van der Waals surface area contributed by atoms with Crippen LogP contribution in [0.5, 0.6) is 0 Å². The number of hydrogen-bond acceptors (Lipinski definition) is 4. The maximum atomic E-state index is 5.83. The summed E-state index contributed by atoms with van der Waals surface area (Å²) in [4.78, 5) is 2.68. The summed E-state index contributed by atoms with van der Waals surface area (Å²) in [5.41, 5.74) is 0.0798. The molecule has 0 radical (unpaired) electrons. The van der Waals surface area contributed by atoms with Gasteiger partial charge in [0, 0.05) is 12.6 Å². The van der Waals surface area contributed by atoms with E-state index in [0.29, 0.717) is 12.1 Å². The average molecular weight is 238 g/mol. The monoisotopic (exact) mass is 238 g/mol. The number of piperidine rings is 1. The van der Waals surface area contributed by atoms with Crippen molar-refractivity contribution in [3.05, 3.63) is 0 Å². The van der Waals surface area contributed by atoms with Crippen molar-refractivity contribution in [3.63, 3.8) is 0 Å². The molecule has 4 fully saturated rings. The fourth-order valence-electron chi connectivity index (χ4n) is 4.30. The van der Waals surface area contributed by atoms with Crippen molar-refractivity contribution < 1.29 is 9.47 Å². The van der Waals surface area contributed by atoms with Gasteiger partial charge in [-0.3, -0.25) is 10.2 Å². The van der Waals surface area contributed by atoms with Gasteiger partial charge in [-0.05, 0) is 31.7 Å².